The Hall–Kier alpha value is -2.54. The van der Waals surface area contributed by atoms with E-state index in [2.05, 4.69) is 15.3 Å². The number of nitrogens with one attached hydrogen (secondary N) is 1. The van der Waals surface area contributed by atoms with E-state index in [1.54, 1.807) is 23.5 Å². The number of anilines is 1. The van der Waals surface area contributed by atoms with Gasteiger partial charge in [0.2, 0.25) is 0 Å². The van der Waals surface area contributed by atoms with Gasteiger partial charge in [0.1, 0.15) is 22.3 Å². The molecule has 0 bridgehead atoms. The summed E-state index contributed by atoms with van der Waals surface area (Å²) in [5.41, 5.74) is 1.97. The summed E-state index contributed by atoms with van der Waals surface area (Å²) in [5, 5.41) is 13.0. The molecule has 0 fully saturated rings. The van der Waals surface area contributed by atoms with Crippen LogP contribution in [0.25, 0.3) is 21.3 Å². The minimum atomic E-state index is -0.756. The Balaban J connectivity index is 1.86. The molecule has 0 amide bonds. The summed E-state index contributed by atoms with van der Waals surface area (Å²) in [6, 6.07) is 6.48. The number of aryl methyl sites for hydroxylation is 2. The lowest BCUT2D eigenvalue weighted by Gasteiger charge is -2.10. The van der Waals surface area contributed by atoms with Crippen molar-refractivity contribution in [3.8, 4) is 11.1 Å². The Bertz CT molecular complexity index is 954. The fraction of sp³-hybridized carbons (Fsp3) is 0.350. The number of nitrogens with zero attached hydrogens (tertiary/aromatic N) is 2. The zero-order valence-corrected chi connectivity index (χ0v) is 16.2. The Labute approximate surface area is 161 Å². The van der Waals surface area contributed by atoms with Crippen LogP contribution in [0, 0.1) is 19.7 Å². The molecule has 0 radical (unpaired) electrons. The molecule has 0 aliphatic carbocycles. The van der Waals surface area contributed by atoms with Gasteiger partial charge >= 0.3 is 5.97 Å². The van der Waals surface area contributed by atoms with Crippen LogP contribution in [0.5, 0.6) is 0 Å². The lowest BCUT2D eigenvalue weighted by molar-refractivity contribution is -0.137. The van der Waals surface area contributed by atoms with Gasteiger partial charge in [0.15, 0.2) is 0 Å². The highest BCUT2D eigenvalue weighted by molar-refractivity contribution is 7.19. The molecule has 5 nitrogen and oxygen atoms in total. The molecule has 0 aliphatic heterocycles. The number of fused-ring (bicyclic) bond motifs is 1. The van der Waals surface area contributed by atoms with Crippen molar-refractivity contribution in [3.63, 3.8) is 0 Å². The third kappa shape index (κ3) is 4.60. The molecule has 3 rings (SSSR count). The largest absolute Gasteiger partial charge is 0.481 e. The smallest absolute Gasteiger partial charge is 0.303 e. The quantitative estimate of drug-likeness (QED) is 0.522. The van der Waals surface area contributed by atoms with Crippen LogP contribution < -0.4 is 5.32 Å². The number of halogens is 1. The number of hydrogen-bond donors (Lipinski definition) is 2. The first-order valence-electron chi connectivity index (χ1n) is 8.95. The van der Waals surface area contributed by atoms with Crippen LogP contribution in [0.3, 0.4) is 0 Å². The van der Waals surface area contributed by atoms with Crippen LogP contribution in [-0.2, 0) is 4.79 Å². The van der Waals surface area contributed by atoms with E-state index in [1.165, 1.54) is 12.1 Å². The lowest BCUT2D eigenvalue weighted by atomic mass is 10.0. The lowest BCUT2D eigenvalue weighted by Crippen LogP contribution is -2.06. The van der Waals surface area contributed by atoms with E-state index in [1.807, 2.05) is 13.8 Å². The van der Waals surface area contributed by atoms with E-state index < -0.39 is 5.97 Å². The molecule has 0 unspecified atom stereocenters. The van der Waals surface area contributed by atoms with Crippen LogP contribution in [0.4, 0.5) is 10.2 Å². The van der Waals surface area contributed by atoms with Crippen LogP contribution >= 0.6 is 11.3 Å². The zero-order chi connectivity index (χ0) is 19.4. The van der Waals surface area contributed by atoms with Gasteiger partial charge in [-0.3, -0.25) is 4.79 Å². The van der Waals surface area contributed by atoms with Crippen molar-refractivity contribution in [2.24, 2.45) is 0 Å². The summed E-state index contributed by atoms with van der Waals surface area (Å²) in [6.07, 6.45) is 2.59. The van der Waals surface area contributed by atoms with Crippen molar-refractivity contribution in [1.29, 1.82) is 0 Å². The normalized spacial score (nSPS) is 11.1. The van der Waals surface area contributed by atoms with Crippen LogP contribution in [-0.4, -0.2) is 27.6 Å². The van der Waals surface area contributed by atoms with E-state index in [0.29, 0.717) is 18.8 Å². The van der Waals surface area contributed by atoms with Crippen molar-refractivity contribution in [3.05, 3.63) is 40.8 Å². The fourth-order valence-corrected chi connectivity index (χ4v) is 4.19. The molecular formula is C20H22FN3O2S. The monoisotopic (exact) mass is 387 g/mol. The van der Waals surface area contributed by atoms with Crippen LogP contribution in [0.1, 0.15) is 36.4 Å². The van der Waals surface area contributed by atoms with Crippen molar-refractivity contribution in [2.45, 2.75) is 39.5 Å². The molecule has 0 spiro atoms. The van der Waals surface area contributed by atoms with Crippen molar-refractivity contribution >= 4 is 33.3 Å². The topological polar surface area (TPSA) is 75.1 Å². The van der Waals surface area contributed by atoms with Gasteiger partial charge in [0.05, 0.1) is 5.39 Å². The SMILES string of the molecule is Cc1nc(NCCCCCC(=O)O)c2c(-c3ccc(F)cc3)c(C)sc2n1. The maximum Gasteiger partial charge on any atom is 0.303 e. The molecular weight excluding hydrogens is 365 g/mol. The number of rotatable bonds is 8. The summed E-state index contributed by atoms with van der Waals surface area (Å²) in [7, 11) is 0. The molecule has 2 heterocycles. The fourth-order valence-electron chi connectivity index (χ4n) is 3.09. The average molecular weight is 387 g/mol. The third-order valence-electron chi connectivity index (χ3n) is 4.33. The number of carbonyl (C=O) groups is 1. The molecule has 7 heteroatoms. The van der Waals surface area contributed by atoms with Crippen molar-refractivity contribution in [2.75, 3.05) is 11.9 Å². The predicted octanol–water partition coefficient (Wildman–Crippen LogP) is 5.17. The molecule has 142 valence electrons. The van der Waals surface area contributed by atoms with E-state index in [-0.39, 0.29) is 12.2 Å². The number of carboxylic acids is 1. The maximum absolute atomic E-state index is 13.3. The van der Waals surface area contributed by atoms with E-state index >= 15 is 0 Å². The molecule has 2 aromatic heterocycles. The zero-order valence-electron chi connectivity index (χ0n) is 15.4. The van der Waals surface area contributed by atoms with Crippen LogP contribution in [0.15, 0.2) is 24.3 Å². The number of aromatic nitrogens is 2. The average Bonchev–Trinajstić information content (AvgIpc) is 2.94. The highest BCUT2D eigenvalue weighted by Crippen LogP contribution is 2.40. The highest BCUT2D eigenvalue weighted by Gasteiger charge is 2.17. The number of thiophene rings is 1. The summed E-state index contributed by atoms with van der Waals surface area (Å²) in [5.74, 6) is 0.457. The Kier molecular flexibility index (Phi) is 6.01. The number of hydrogen-bond acceptors (Lipinski definition) is 5. The van der Waals surface area contributed by atoms with E-state index in [9.17, 15) is 9.18 Å². The minimum absolute atomic E-state index is 0.204. The highest BCUT2D eigenvalue weighted by atomic mass is 32.1. The van der Waals surface area contributed by atoms with Crippen molar-refractivity contribution in [1.82, 2.24) is 9.97 Å². The molecule has 1 aromatic carbocycles. The number of benzene rings is 1. The van der Waals surface area contributed by atoms with Crippen LogP contribution in [0.2, 0.25) is 0 Å². The molecule has 2 N–H and O–H groups in total. The second kappa shape index (κ2) is 8.43. The number of carboxylic acid groups (broad SMARTS) is 1. The van der Waals surface area contributed by atoms with Gasteiger partial charge in [0, 0.05) is 23.4 Å². The Morgan fingerprint density at radius 1 is 1.15 bits per heavy atom. The van der Waals surface area contributed by atoms with Gasteiger partial charge in [-0.05, 0) is 44.4 Å². The first-order valence-corrected chi connectivity index (χ1v) is 9.76. The van der Waals surface area contributed by atoms with Crippen molar-refractivity contribution < 1.29 is 14.3 Å². The molecule has 3 aromatic rings. The number of unbranched alkanes of at least 4 members (excludes halogenated alkanes) is 2. The maximum atomic E-state index is 13.3. The summed E-state index contributed by atoms with van der Waals surface area (Å²) in [6.45, 7) is 4.61. The van der Waals surface area contributed by atoms with Gasteiger partial charge in [0.25, 0.3) is 0 Å². The molecule has 0 atom stereocenters. The predicted molar refractivity (Wildman–Crippen MR) is 107 cm³/mol. The molecule has 27 heavy (non-hydrogen) atoms. The second-order valence-electron chi connectivity index (χ2n) is 6.47. The molecule has 0 saturated carbocycles. The Morgan fingerprint density at radius 2 is 1.89 bits per heavy atom. The first-order chi connectivity index (χ1) is 13.0. The summed E-state index contributed by atoms with van der Waals surface area (Å²) < 4.78 is 13.3. The van der Waals surface area contributed by atoms with Gasteiger partial charge in [-0.25, -0.2) is 14.4 Å². The van der Waals surface area contributed by atoms with E-state index in [4.69, 9.17) is 5.11 Å². The standard InChI is InChI=1S/C20H22FN3O2S/c1-12-17(14-7-9-15(21)10-8-14)18-19(23-13(2)24-20(18)27-12)22-11-5-3-4-6-16(25)26/h7-10H,3-6,11H2,1-2H3,(H,25,26)(H,22,23,24). The number of aliphatic carboxylic acids is 1. The summed E-state index contributed by atoms with van der Waals surface area (Å²) in [4.78, 5) is 21.7. The minimum Gasteiger partial charge on any atom is -0.481 e. The molecule has 0 aliphatic rings. The van der Waals surface area contributed by atoms with Gasteiger partial charge < -0.3 is 10.4 Å². The summed E-state index contributed by atoms with van der Waals surface area (Å²) >= 11 is 1.61. The second-order valence-corrected chi connectivity index (χ2v) is 7.67. The first kappa shape index (κ1) is 19.2. The van der Waals surface area contributed by atoms with Gasteiger partial charge in [-0.1, -0.05) is 18.6 Å². The third-order valence-corrected chi connectivity index (χ3v) is 5.33. The molecule has 0 saturated heterocycles. The van der Waals surface area contributed by atoms with E-state index in [0.717, 1.165) is 44.9 Å². The Morgan fingerprint density at radius 3 is 2.59 bits per heavy atom. The van der Waals surface area contributed by atoms with Gasteiger partial charge in [-0.15, -0.1) is 11.3 Å². The van der Waals surface area contributed by atoms with Gasteiger partial charge in [-0.2, -0.15) is 0 Å².